The van der Waals surface area contributed by atoms with E-state index in [0.717, 1.165) is 6.42 Å². The molecule has 0 unspecified atom stereocenters. The van der Waals surface area contributed by atoms with E-state index in [1.54, 1.807) is 0 Å². The van der Waals surface area contributed by atoms with Gasteiger partial charge in [-0.15, -0.1) is 0 Å². The van der Waals surface area contributed by atoms with Crippen LogP contribution in [0, 0.1) is 0 Å². The third-order valence-corrected chi connectivity index (χ3v) is 1.03. The van der Waals surface area contributed by atoms with Crippen LogP contribution in [-0.4, -0.2) is 25.7 Å². The normalized spacial score (nSPS) is 8.75. The average molecular weight is 171 g/mol. The maximum absolute atomic E-state index is 10.9. The van der Waals surface area contributed by atoms with Crippen molar-refractivity contribution in [2.75, 3.05) is 13.2 Å². The van der Waals surface area contributed by atoms with E-state index in [9.17, 15) is 9.59 Å². The fraction of sp³-hybridized carbons (Fsp3) is 0.500. The Kier molecular flexibility index (Phi) is 5.69. The molecule has 0 aliphatic heterocycles. The molecule has 0 aromatic heterocycles. The Balaban J connectivity index is 3.61. The van der Waals surface area contributed by atoms with Crippen LogP contribution in [0.3, 0.4) is 0 Å². The molecule has 0 aromatic rings. The minimum absolute atomic E-state index is 0.117. The van der Waals surface area contributed by atoms with Gasteiger partial charge in [0.2, 0.25) is 0 Å². The standard InChI is InChI=1S/C8H11O4/c1-3-4-12-8(10)7(2)5-11-6-9/h2-5H2,1H3. The van der Waals surface area contributed by atoms with E-state index in [2.05, 4.69) is 11.3 Å². The number of ether oxygens (including phenoxy) is 2. The first-order valence-electron chi connectivity index (χ1n) is 3.56. The third-order valence-electron chi connectivity index (χ3n) is 1.03. The van der Waals surface area contributed by atoms with Crippen molar-refractivity contribution >= 4 is 12.4 Å². The van der Waals surface area contributed by atoms with Crippen molar-refractivity contribution in [3.05, 3.63) is 12.2 Å². The molecule has 0 spiro atoms. The Morgan fingerprint density at radius 1 is 1.58 bits per heavy atom. The highest BCUT2D eigenvalue weighted by molar-refractivity contribution is 5.88. The monoisotopic (exact) mass is 171 g/mol. The second kappa shape index (κ2) is 6.39. The Hall–Kier alpha value is -1.32. The van der Waals surface area contributed by atoms with Crippen molar-refractivity contribution in [1.29, 1.82) is 0 Å². The molecule has 0 N–H and O–H groups in total. The Morgan fingerprint density at radius 3 is 2.75 bits per heavy atom. The summed E-state index contributed by atoms with van der Waals surface area (Å²) in [6.07, 6.45) is 0.750. The lowest BCUT2D eigenvalue weighted by molar-refractivity contribution is -0.139. The quantitative estimate of drug-likeness (QED) is 0.433. The van der Waals surface area contributed by atoms with Gasteiger partial charge in [-0.3, -0.25) is 0 Å². The summed E-state index contributed by atoms with van der Waals surface area (Å²) in [5.41, 5.74) is 0.117. The molecule has 1 radical (unpaired) electrons. The van der Waals surface area contributed by atoms with E-state index in [-0.39, 0.29) is 12.2 Å². The van der Waals surface area contributed by atoms with E-state index < -0.39 is 5.97 Å². The summed E-state index contributed by atoms with van der Waals surface area (Å²) < 4.78 is 8.89. The molecule has 0 rings (SSSR count). The smallest absolute Gasteiger partial charge is 0.417 e. The fourth-order valence-corrected chi connectivity index (χ4v) is 0.472. The van der Waals surface area contributed by atoms with Gasteiger partial charge in [0.15, 0.2) is 0 Å². The van der Waals surface area contributed by atoms with Crippen LogP contribution in [0.15, 0.2) is 12.2 Å². The molecule has 4 heteroatoms. The molecule has 12 heavy (non-hydrogen) atoms. The highest BCUT2D eigenvalue weighted by Gasteiger charge is 2.07. The van der Waals surface area contributed by atoms with E-state index in [1.165, 1.54) is 6.47 Å². The van der Waals surface area contributed by atoms with Gasteiger partial charge in [0.05, 0.1) is 12.2 Å². The highest BCUT2D eigenvalue weighted by Crippen LogP contribution is 1.95. The van der Waals surface area contributed by atoms with Gasteiger partial charge in [0.1, 0.15) is 6.61 Å². The third kappa shape index (κ3) is 4.49. The Labute approximate surface area is 71.2 Å². The van der Waals surface area contributed by atoms with E-state index in [1.807, 2.05) is 6.92 Å². The van der Waals surface area contributed by atoms with Crippen LogP contribution >= 0.6 is 0 Å². The van der Waals surface area contributed by atoms with Crippen LogP contribution in [0.25, 0.3) is 0 Å². The topological polar surface area (TPSA) is 52.6 Å². The number of hydrogen-bond acceptors (Lipinski definition) is 4. The zero-order valence-corrected chi connectivity index (χ0v) is 6.96. The Morgan fingerprint density at radius 2 is 2.25 bits per heavy atom. The second-order valence-corrected chi connectivity index (χ2v) is 2.11. The van der Waals surface area contributed by atoms with E-state index >= 15 is 0 Å². The first kappa shape index (κ1) is 10.7. The van der Waals surface area contributed by atoms with Crippen molar-refractivity contribution < 1.29 is 19.1 Å². The molecule has 0 fully saturated rings. The summed E-state index contributed by atoms with van der Waals surface area (Å²) in [6.45, 7) is 6.63. The van der Waals surface area contributed by atoms with Gasteiger partial charge in [-0.1, -0.05) is 13.5 Å². The van der Waals surface area contributed by atoms with Crippen LogP contribution < -0.4 is 0 Å². The maximum atomic E-state index is 10.9. The highest BCUT2D eigenvalue weighted by atomic mass is 16.5. The number of carbonyl (C=O) groups excluding carboxylic acids is 2. The van der Waals surface area contributed by atoms with Gasteiger partial charge in [-0.2, -0.15) is 0 Å². The van der Waals surface area contributed by atoms with Gasteiger partial charge in [0, 0.05) is 0 Å². The van der Waals surface area contributed by atoms with Crippen molar-refractivity contribution in [3.63, 3.8) is 0 Å². The molecule has 0 atom stereocenters. The van der Waals surface area contributed by atoms with Crippen molar-refractivity contribution in [1.82, 2.24) is 0 Å². The van der Waals surface area contributed by atoms with Crippen LogP contribution in [0.2, 0.25) is 0 Å². The van der Waals surface area contributed by atoms with Crippen LogP contribution in [-0.2, 0) is 19.1 Å². The molecule has 0 aromatic carbocycles. The van der Waals surface area contributed by atoms with E-state index in [0.29, 0.717) is 6.61 Å². The SMILES string of the molecule is C=C(CO[C]=O)C(=O)OCCC. The molecular weight excluding hydrogens is 160 g/mol. The molecule has 0 bridgehead atoms. The molecule has 0 saturated heterocycles. The van der Waals surface area contributed by atoms with Crippen molar-refractivity contribution in [2.45, 2.75) is 13.3 Å². The molecule has 0 aliphatic carbocycles. The summed E-state index contributed by atoms with van der Waals surface area (Å²) >= 11 is 0. The second-order valence-electron chi connectivity index (χ2n) is 2.11. The molecule has 0 saturated carbocycles. The average Bonchev–Trinajstić information content (AvgIpc) is 2.10. The van der Waals surface area contributed by atoms with E-state index in [4.69, 9.17) is 4.74 Å². The summed E-state index contributed by atoms with van der Waals surface area (Å²) in [5, 5.41) is 0. The molecule has 4 nitrogen and oxygen atoms in total. The number of carbonyl (C=O) groups is 1. The predicted octanol–water partition coefficient (Wildman–Crippen LogP) is 0.580. The first-order chi connectivity index (χ1) is 5.72. The Bertz CT molecular complexity index is 174. The zero-order valence-electron chi connectivity index (χ0n) is 6.96. The summed E-state index contributed by atoms with van der Waals surface area (Å²) in [7, 11) is 0. The minimum atomic E-state index is -0.535. The molecule has 0 aliphatic rings. The molecule has 0 heterocycles. The molecule has 0 amide bonds. The minimum Gasteiger partial charge on any atom is -0.462 e. The summed E-state index contributed by atoms with van der Waals surface area (Å²) in [5.74, 6) is -0.535. The first-order valence-corrected chi connectivity index (χ1v) is 3.56. The number of rotatable bonds is 6. The lowest BCUT2D eigenvalue weighted by Crippen LogP contribution is -2.11. The van der Waals surface area contributed by atoms with Gasteiger partial charge in [-0.05, 0) is 6.42 Å². The van der Waals surface area contributed by atoms with Gasteiger partial charge in [-0.25, -0.2) is 9.59 Å². The maximum Gasteiger partial charge on any atom is 0.417 e. The van der Waals surface area contributed by atoms with Gasteiger partial charge in [0.25, 0.3) is 0 Å². The lowest BCUT2D eigenvalue weighted by Gasteiger charge is -2.03. The van der Waals surface area contributed by atoms with Gasteiger partial charge >= 0.3 is 12.4 Å². The predicted molar refractivity (Wildman–Crippen MR) is 42.0 cm³/mol. The van der Waals surface area contributed by atoms with Crippen molar-refractivity contribution in [3.8, 4) is 0 Å². The molecule has 67 valence electrons. The number of hydrogen-bond donors (Lipinski definition) is 0. The zero-order chi connectivity index (χ0) is 9.40. The fourth-order valence-electron chi connectivity index (χ4n) is 0.472. The number of esters is 1. The summed E-state index contributed by atoms with van der Waals surface area (Å²) in [4.78, 5) is 20.5. The van der Waals surface area contributed by atoms with Crippen LogP contribution in [0.5, 0.6) is 0 Å². The van der Waals surface area contributed by atoms with Crippen LogP contribution in [0.1, 0.15) is 13.3 Å². The van der Waals surface area contributed by atoms with Crippen LogP contribution in [0.4, 0.5) is 0 Å². The van der Waals surface area contributed by atoms with Gasteiger partial charge < -0.3 is 9.47 Å². The molecular formula is C8H11O4. The summed E-state index contributed by atoms with van der Waals surface area (Å²) in [6, 6.07) is 0. The largest absolute Gasteiger partial charge is 0.462 e. The van der Waals surface area contributed by atoms with Crippen molar-refractivity contribution in [2.24, 2.45) is 0 Å². The lowest BCUT2D eigenvalue weighted by atomic mass is 10.3.